The topological polar surface area (TPSA) is 75.3 Å². The molecule has 0 radical (unpaired) electrons. The van der Waals surface area contributed by atoms with Gasteiger partial charge in [-0.1, -0.05) is 24.3 Å². The van der Waals surface area contributed by atoms with E-state index in [1.807, 2.05) is 13.0 Å². The molecule has 5 nitrogen and oxygen atoms in total. The van der Waals surface area contributed by atoms with Crippen LogP contribution in [0.5, 0.6) is 0 Å². The molecule has 0 aliphatic carbocycles. The van der Waals surface area contributed by atoms with Gasteiger partial charge in [-0.25, -0.2) is 12.8 Å². The van der Waals surface area contributed by atoms with Gasteiger partial charge in [0.2, 0.25) is 0 Å². The van der Waals surface area contributed by atoms with Crippen LogP contribution < -0.4 is 10.0 Å². The van der Waals surface area contributed by atoms with E-state index >= 15 is 0 Å². The van der Waals surface area contributed by atoms with Gasteiger partial charge in [-0.05, 0) is 73.9 Å². The van der Waals surface area contributed by atoms with E-state index in [1.165, 1.54) is 18.2 Å². The smallest absolute Gasteiger partial charge is 0.262 e. The van der Waals surface area contributed by atoms with Crippen molar-refractivity contribution < 1.29 is 17.6 Å². The Morgan fingerprint density at radius 3 is 2.38 bits per heavy atom. The number of rotatable bonds is 5. The Kier molecular flexibility index (Phi) is 5.70. The van der Waals surface area contributed by atoms with Crippen molar-refractivity contribution in [3.63, 3.8) is 0 Å². The molecule has 0 atom stereocenters. The van der Waals surface area contributed by atoms with E-state index in [-0.39, 0.29) is 16.1 Å². The molecular formula is C22H21FN2O3S. The quantitative estimate of drug-likeness (QED) is 0.632. The van der Waals surface area contributed by atoms with Crippen LogP contribution in [0.4, 0.5) is 15.8 Å². The summed E-state index contributed by atoms with van der Waals surface area (Å²) in [6.45, 7) is 5.29. The number of nitrogens with one attached hydrogen (secondary N) is 2. The van der Waals surface area contributed by atoms with Crippen LogP contribution in [0.2, 0.25) is 0 Å². The third kappa shape index (κ3) is 4.81. The van der Waals surface area contributed by atoms with Crippen molar-refractivity contribution in [2.24, 2.45) is 0 Å². The number of amides is 1. The molecule has 3 rings (SSSR count). The summed E-state index contributed by atoms with van der Waals surface area (Å²) in [6.07, 6.45) is 0. The van der Waals surface area contributed by atoms with Crippen molar-refractivity contribution in [1.82, 2.24) is 0 Å². The van der Waals surface area contributed by atoms with E-state index in [0.29, 0.717) is 16.8 Å². The third-order valence-corrected chi connectivity index (χ3v) is 5.98. The van der Waals surface area contributed by atoms with Crippen LogP contribution in [0.15, 0.2) is 65.6 Å². The number of sulfonamides is 1. The predicted octanol–water partition coefficient (Wildman–Crippen LogP) is 4.80. The Balaban J connectivity index is 1.85. The van der Waals surface area contributed by atoms with Crippen LogP contribution in [-0.4, -0.2) is 14.3 Å². The summed E-state index contributed by atoms with van der Waals surface area (Å²) in [5.41, 5.74) is 3.03. The average Bonchev–Trinajstić information content (AvgIpc) is 2.66. The standard InChI is InChI=1S/C22H21FN2O3S/c1-14-7-8-16(3)21(11-14)29(27,28)25-19-6-4-5-17(12-19)22(26)24-20-13-18(23)10-9-15(20)2/h4-13,25H,1-3H3,(H,24,26). The van der Waals surface area contributed by atoms with Gasteiger partial charge >= 0.3 is 0 Å². The lowest BCUT2D eigenvalue weighted by atomic mass is 10.1. The number of anilines is 2. The van der Waals surface area contributed by atoms with E-state index in [1.54, 1.807) is 50.2 Å². The highest BCUT2D eigenvalue weighted by molar-refractivity contribution is 7.92. The van der Waals surface area contributed by atoms with Gasteiger partial charge in [0.05, 0.1) is 4.90 Å². The zero-order chi connectivity index (χ0) is 21.2. The van der Waals surface area contributed by atoms with E-state index in [4.69, 9.17) is 0 Å². The van der Waals surface area contributed by atoms with Gasteiger partial charge in [-0.3, -0.25) is 9.52 Å². The number of aryl methyl sites for hydroxylation is 3. The zero-order valence-corrected chi connectivity index (χ0v) is 17.1. The van der Waals surface area contributed by atoms with Crippen molar-refractivity contribution >= 4 is 27.3 Å². The Labute approximate surface area is 169 Å². The molecule has 0 saturated carbocycles. The molecule has 0 aliphatic rings. The van der Waals surface area contributed by atoms with Crippen molar-refractivity contribution in [1.29, 1.82) is 0 Å². The maximum absolute atomic E-state index is 13.4. The highest BCUT2D eigenvalue weighted by Crippen LogP contribution is 2.22. The molecule has 0 heterocycles. The molecular weight excluding hydrogens is 391 g/mol. The Morgan fingerprint density at radius 1 is 0.897 bits per heavy atom. The number of carbonyl (C=O) groups is 1. The SMILES string of the molecule is Cc1ccc(C)c(S(=O)(=O)Nc2cccc(C(=O)Nc3cc(F)ccc3C)c2)c1. The summed E-state index contributed by atoms with van der Waals surface area (Å²) >= 11 is 0. The lowest BCUT2D eigenvalue weighted by Gasteiger charge is -2.13. The lowest BCUT2D eigenvalue weighted by Crippen LogP contribution is -2.16. The van der Waals surface area contributed by atoms with Gasteiger partial charge in [0, 0.05) is 16.9 Å². The zero-order valence-electron chi connectivity index (χ0n) is 16.3. The minimum absolute atomic E-state index is 0.183. The monoisotopic (exact) mass is 412 g/mol. The molecule has 0 aliphatic heterocycles. The summed E-state index contributed by atoms with van der Waals surface area (Å²) in [6, 6.07) is 15.4. The van der Waals surface area contributed by atoms with Gasteiger partial charge in [0.15, 0.2) is 0 Å². The van der Waals surface area contributed by atoms with Crippen molar-refractivity contribution in [2.75, 3.05) is 10.0 Å². The molecule has 0 fully saturated rings. The minimum Gasteiger partial charge on any atom is -0.322 e. The Hall–Kier alpha value is -3.19. The highest BCUT2D eigenvalue weighted by Gasteiger charge is 2.18. The van der Waals surface area contributed by atoms with Crippen LogP contribution >= 0.6 is 0 Å². The van der Waals surface area contributed by atoms with Crippen molar-refractivity contribution in [2.45, 2.75) is 25.7 Å². The fourth-order valence-electron chi connectivity index (χ4n) is 2.85. The number of hydrogen-bond acceptors (Lipinski definition) is 3. The lowest BCUT2D eigenvalue weighted by molar-refractivity contribution is 0.102. The molecule has 0 bridgehead atoms. The van der Waals surface area contributed by atoms with Crippen LogP contribution in [0, 0.1) is 26.6 Å². The Morgan fingerprint density at radius 2 is 1.62 bits per heavy atom. The minimum atomic E-state index is -3.81. The first-order chi connectivity index (χ1) is 13.7. The van der Waals surface area contributed by atoms with Crippen LogP contribution in [0.25, 0.3) is 0 Å². The molecule has 29 heavy (non-hydrogen) atoms. The molecule has 2 N–H and O–H groups in total. The molecule has 3 aromatic carbocycles. The molecule has 0 spiro atoms. The normalized spacial score (nSPS) is 11.2. The average molecular weight is 412 g/mol. The summed E-state index contributed by atoms with van der Waals surface area (Å²) in [4.78, 5) is 12.7. The van der Waals surface area contributed by atoms with Gasteiger partial charge in [-0.15, -0.1) is 0 Å². The van der Waals surface area contributed by atoms with Crippen molar-refractivity contribution in [3.8, 4) is 0 Å². The second-order valence-corrected chi connectivity index (χ2v) is 8.52. The molecule has 1 amide bonds. The second-order valence-electron chi connectivity index (χ2n) is 6.87. The van der Waals surface area contributed by atoms with E-state index in [9.17, 15) is 17.6 Å². The van der Waals surface area contributed by atoms with Crippen LogP contribution in [0.3, 0.4) is 0 Å². The summed E-state index contributed by atoms with van der Waals surface area (Å²) in [5, 5.41) is 2.65. The fraction of sp³-hybridized carbons (Fsp3) is 0.136. The van der Waals surface area contributed by atoms with Gasteiger partial charge < -0.3 is 5.32 Å². The number of benzene rings is 3. The Bertz CT molecular complexity index is 1190. The molecule has 0 saturated heterocycles. The molecule has 7 heteroatoms. The van der Waals surface area contributed by atoms with E-state index in [2.05, 4.69) is 10.0 Å². The maximum Gasteiger partial charge on any atom is 0.262 e. The largest absolute Gasteiger partial charge is 0.322 e. The number of hydrogen-bond donors (Lipinski definition) is 2. The van der Waals surface area contributed by atoms with E-state index in [0.717, 1.165) is 5.56 Å². The maximum atomic E-state index is 13.4. The summed E-state index contributed by atoms with van der Waals surface area (Å²) in [5.74, 6) is -0.924. The van der Waals surface area contributed by atoms with E-state index < -0.39 is 21.7 Å². The third-order valence-electron chi connectivity index (χ3n) is 4.46. The van der Waals surface area contributed by atoms with Crippen molar-refractivity contribution in [3.05, 3.63) is 88.7 Å². The van der Waals surface area contributed by atoms with Crippen LogP contribution in [0.1, 0.15) is 27.0 Å². The first kappa shape index (κ1) is 20.5. The number of halogens is 1. The first-order valence-corrected chi connectivity index (χ1v) is 10.4. The predicted molar refractivity (Wildman–Crippen MR) is 112 cm³/mol. The number of carbonyl (C=O) groups excluding carboxylic acids is 1. The molecule has 150 valence electrons. The molecule has 0 unspecified atom stereocenters. The summed E-state index contributed by atoms with van der Waals surface area (Å²) in [7, 11) is -3.81. The van der Waals surface area contributed by atoms with Crippen LogP contribution in [-0.2, 0) is 10.0 Å². The fourth-order valence-corrected chi connectivity index (χ4v) is 4.23. The summed E-state index contributed by atoms with van der Waals surface area (Å²) < 4.78 is 41.5. The molecule has 0 aromatic heterocycles. The highest BCUT2D eigenvalue weighted by atomic mass is 32.2. The van der Waals surface area contributed by atoms with Gasteiger partial charge in [-0.2, -0.15) is 0 Å². The second kappa shape index (κ2) is 8.05. The van der Waals surface area contributed by atoms with Gasteiger partial charge in [0.25, 0.3) is 15.9 Å². The first-order valence-electron chi connectivity index (χ1n) is 8.93. The molecule has 3 aromatic rings. The van der Waals surface area contributed by atoms with Gasteiger partial charge in [0.1, 0.15) is 5.82 Å².